The lowest BCUT2D eigenvalue weighted by Gasteiger charge is -2.46. The molecule has 2 heterocycles. The number of para-hydroxylation sites is 1. The Morgan fingerprint density at radius 3 is 2.11 bits per heavy atom. The van der Waals surface area contributed by atoms with Crippen molar-refractivity contribution < 1.29 is 0 Å². The Kier molecular flexibility index (Phi) is 4.72. The number of nitrogens with zero attached hydrogens (tertiary/aromatic N) is 2. The molecule has 2 fully saturated rings. The molecule has 0 amide bonds. The zero-order valence-electron chi connectivity index (χ0n) is 21.0. The Morgan fingerprint density at radius 1 is 0.556 bits per heavy atom. The fraction of sp³-hybridized carbons (Fsp3) is 0.353. The lowest BCUT2D eigenvalue weighted by atomic mass is 9.78. The second-order valence-corrected chi connectivity index (χ2v) is 11.4. The van der Waals surface area contributed by atoms with E-state index < -0.39 is 0 Å². The van der Waals surface area contributed by atoms with Crippen molar-refractivity contribution in [2.75, 3.05) is 22.9 Å². The van der Waals surface area contributed by atoms with Crippen molar-refractivity contribution in [2.45, 2.75) is 57.4 Å². The summed E-state index contributed by atoms with van der Waals surface area (Å²) in [6.07, 6.45) is 10.8. The molecule has 2 aliphatic heterocycles. The van der Waals surface area contributed by atoms with Gasteiger partial charge in [-0.3, -0.25) is 0 Å². The lowest BCUT2D eigenvalue weighted by molar-refractivity contribution is 0.244. The number of hydrogen-bond acceptors (Lipinski definition) is 2. The third-order valence-corrected chi connectivity index (χ3v) is 9.57. The molecule has 3 aliphatic rings. The van der Waals surface area contributed by atoms with Crippen LogP contribution in [0.2, 0.25) is 0 Å². The van der Waals surface area contributed by atoms with Gasteiger partial charge >= 0.3 is 0 Å². The highest BCUT2D eigenvalue weighted by atomic mass is 15.2. The van der Waals surface area contributed by atoms with E-state index in [4.69, 9.17) is 0 Å². The average molecular weight is 471 g/mol. The average Bonchev–Trinajstić information content (AvgIpc) is 2.95. The van der Waals surface area contributed by atoms with E-state index in [1.54, 1.807) is 0 Å². The number of aryl methyl sites for hydroxylation is 1. The van der Waals surface area contributed by atoms with Gasteiger partial charge in [0.25, 0.3) is 0 Å². The Morgan fingerprint density at radius 2 is 1.25 bits per heavy atom. The summed E-state index contributed by atoms with van der Waals surface area (Å²) in [6.45, 7) is 2.30. The molecule has 0 bridgehead atoms. The van der Waals surface area contributed by atoms with Crippen molar-refractivity contribution in [3.63, 3.8) is 0 Å². The minimum atomic E-state index is 0.728. The Bertz CT molecular complexity index is 1580. The zero-order valence-corrected chi connectivity index (χ0v) is 21.0. The number of benzene rings is 5. The number of hydrogen-bond donors (Lipinski definition) is 0. The van der Waals surface area contributed by atoms with E-state index in [1.165, 1.54) is 113 Å². The Labute approximate surface area is 213 Å². The molecule has 1 saturated carbocycles. The van der Waals surface area contributed by atoms with Crippen molar-refractivity contribution >= 4 is 49.4 Å². The number of fused-ring (bicyclic) bond motifs is 2. The second kappa shape index (κ2) is 8.13. The van der Waals surface area contributed by atoms with E-state index >= 15 is 0 Å². The fourth-order valence-corrected chi connectivity index (χ4v) is 7.96. The summed E-state index contributed by atoms with van der Waals surface area (Å²) >= 11 is 0. The fourth-order valence-electron chi connectivity index (χ4n) is 7.96. The molecule has 5 aromatic rings. The summed E-state index contributed by atoms with van der Waals surface area (Å²) < 4.78 is 0. The Balaban J connectivity index is 1.34. The largest absolute Gasteiger partial charge is 0.368 e. The van der Waals surface area contributed by atoms with Crippen molar-refractivity contribution in [3.05, 3.63) is 78.4 Å². The summed E-state index contributed by atoms with van der Waals surface area (Å²) in [4.78, 5) is 5.38. The van der Waals surface area contributed by atoms with Crippen LogP contribution in [-0.4, -0.2) is 19.1 Å². The van der Waals surface area contributed by atoms with Gasteiger partial charge in [-0.15, -0.1) is 0 Å². The molecule has 0 N–H and O–H groups in total. The van der Waals surface area contributed by atoms with Crippen LogP contribution < -0.4 is 9.80 Å². The van der Waals surface area contributed by atoms with Gasteiger partial charge in [0.2, 0.25) is 0 Å². The maximum Gasteiger partial charge on any atom is 0.0491 e. The van der Waals surface area contributed by atoms with Gasteiger partial charge in [0.05, 0.1) is 0 Å². The molecule has 5 aromatic carbocycles. The van der Waals surface area contributed by atoms with Crippen LogP contribution in [0, 0.1) is 5.92 Å². The predicted octanol–water partition coefficient (Wildman–Crippen LogP) is 8.83. The van der Waals surface area contributed by atoms with Crippen LogP contribution in [0.15, 0.2) is 72.8 Å². The van der Waals surface area contributed by atoms with Crippen LogP contribution in [0.1, 0.15) is 50.5 Å². The minimum Gasteiger partial charge on any atom is -0.368 e. The van der Waals surface area contributed by atoms with Gasteiger partial charge < -0.3 is 9.80 Å². The van der Waals surface area contributed by atoms with Gasteiger partial charge in [-0.2, -0.15) is 0 Å². The van der Waals surface area contributed by atoms with Gasteiger partial charge in [-0.1, -0.05) is 67.4 Å². The van der Waals surface area contributed by atoms with Crippen LogP contribution >= 0.6 is 0 Å². The smallest absolute Gasteiger partial charge is 0.0491 e. The molecule has 2 atom stereocenters. The summed E-state index contributed by atoms with van der Waals surface area (Å²) in [5, 5.41) is 8.50. The first-order chi connectivity index (χ1) is 17.9. The molecular weight excluding hydrogens is 436 g/mol. The molecule has 2 nitrogen and oxygen atoms in total. The molecular formula is C34H34N2. The molecule has 2 unspecified atom stereocenters. The predicted molar refractivity (Wildman–Crippen MR) is 154 cm³/mol. The van der Waals surface area contributed by atoms with Crippen molar-refractivity contribution in [2.24, 2.45) is 5.92 Å². The first-order valence-corrected chi connectivity index (χ1v) is 14.2. The lowest BCUT2D eigenvalue weighted by Crippen LogP contribution is -2.47. The quantitative estimate of drug-likeness (QED) is 0.238. The maximum atomic E-state index is 2.81. The summed E-state index contributed by atoms with van der Waals surface area (Å²) in [5.41, 5.74) is 5.70. The zero-order chi connectivity index (χ0) is 23.6. The van der Waals surface area contributed by atoms with Crippen LogP contribution in [0.5, 0.6) is 0 Å². The maximum absolute atomic E-state index is 2.81. The standard InChI is InChI=1S/C34H34N2/c1-3-11-29-23(7-1)9-5-21-35(29)31-19-15-25-14-18-28-32(20-16-26-13-17-27(31)33(25)34(26)28)36-22-6-10-24-8-2-4-12-30(24)36/h1,3,7,11,13-20,24,30H,2,4-6,8-10,12,21-22H2. The van der Waals surface area contributed by atoms with Gasteiger partial charge in [0.15, 0.2) is 0 Å². The molecule has 36 heavy (non-hydrogen) atoms. The van der Waals surface area contributed by atoms with Crippen LogP contribution in [0.3, 0.4) is 0 Å². The summed E-state index contributed by atoms with van der Waals surface area (Å²) in [7, 11) is 0. The van der Waals surface area contributed by atoms with Crippen LogP contribution in [0.25, 0.3) is 32.3 Å². The molecule has 0 spiro atoms. The van der Waals surface area contributed by atoms with E-state index in [0.717, 1.165) is 18.5 Å². The second-order valence-electron chi connectivity index (χ2n) is 11.4. The van der Waals surface area contributed by atoms with E-state index in [2.05, 4.69) is 82.6 Å². The molecule has 180 valence electrons. The molecule has 8 rings (SSSR count). The van der Waals surface area contributed by atoms with E-state index in [0.29, 0.717) is 0 Å². The Hall–Kier alpha value is -3.26. The number of piperidine rings is 1. The molecule has 2 heteroatoms. The first-order valence-electron chi connectivity index (χ1n) is 14.2. The van der Waals surface area contributed by atoms with Gasteiger partial charge in [-0.05, 0) is 89.8 Å². The van der Waals surface area contributed by atoms with Crippen molar-refractivity contribution in [1.29, 1.82) is 0 Å². The van der Waals surface area contributed by atoms with Gasteiger partial charge in [-0.25, -0.2) is 0 Å². The molecule has 0 aromatic heterocycles. The highest BCUT2D eigenvalue weighted by molar-refractivity contribution is 6.27. The normalized spacial score (nSPS) is 22.3. The minimum absolute atomic E-state index is 0.728. The van der Waals surface area contributed by atoms with Crippen LogP contribution in [0.4, 0.5) is 17.1 Å². The summed E-state index contributed by atoms with van der Waals surface area (Å²) in [5.74, 6) is 0.886. The molecule has 1 saturated heterocycles. The van der Waals surface area contributed by atoms with Crippen molar-refractivity contribution in [1.82, 2.24) is 0 Å². The van der Waals surface area contributed by atoms with Crippen molar-refractivity contribution in [3.8, 4) is 0 Å². The highest BCUT2D eigenvalue weighted by Crippen LogP contribution is 2.46. The third kappa shape index (κ3) is 3.03. The van der Waals surface area contributed by atoms with E-state index in [9.17, 15) is 0 Å². The molecule has 1 aliphatic carbocycles. The third-order valence-electron chi connectivity index (χ3n) is 9.57. The van der Waals surface area contributed by atoms with Crippen LogP contribution in [-0.2, 0) is 6.42 Å². The van der Waals surface area contributed by atoms with E-state index in [1.807, 2.05) is 0 Å². The topological polar surface area (TPSA) is 6.48 Å². The molecule has 0 radical (unpaired) electrons. The number of anilines is 3. The van der Waals surface area contributed by atoms with E-state index in [-0.39, 0.29) is 0 Å². The number of rotatable bonds is 2. The van der Waals surface area contributed by atoms with Gasteiger partial charge in [0, 0.05) is 47.0 Å². The monoisotopic (exact) mass is 470 g/mol. The van der Waals surface area contributed by atoms with Gasteiger partial charge in [0.1, 0.15) is 0 Å². The first kappa shape index (κ1) is 20.9. The summed E-state index contributed by atoms with van der Waals surface area (Å²) in [6, 6.07) is 28.8. The highest BCUT2D eigenvalue weighted by Gasteiger charge is 2.34. The SMILES string of the molecule is c1ccc2c(c1)CCCN2c1ccc2ccc3c(N4CCCC5CCCCC54)ccc4ccc1c2c43.